The van der Waals surface area contributed by atoms with Gasteiger partial charge in [0, 0.05) is 19.1 Å². The monoisotopic (exact) mass is 420 g/mol. The number of aromatic nitrogens is 1. The molecule has 2 N–H and O–H groups in total. The van der Waals surface area contributed by atoms with Crippen molar-refractivity contribution in [1.82, 2.24) is 20.1 Å². The van der Waals surface area contributed by atoms with E-state index in [2.05, 4.69) is 15.2 Å². The molecule has 1 aromatic heterocycles. The van der Waals surface area contributed by atoms with Gasteiger partial charge >= 0.3 is 0 Å². The number of amides is 1. The molecule has 1 aromatic rings. The molecule has 1 aliphatic heterocycles. The van der Waals surface area contributed by atoms with Crippen molar-refractivity contribution in [2.24, 2.45) is 0 Å². The van der Waals surface area contributed by atoms with Gasteiger partial charge in [0.05, 0.1) is 0 Å². The fraction of sp³-hybridized carbons (Fsp3) is 0.765. The molecule has 1 saturated heterocycles. The Balaban J connectivity index is 0.00000261. The van der Waals surface area contributed by atoms with Crippen molar-refractivity contribution >= 4 is 28.3 Å². The Morgan fingerprint density at radius 3 is 2.48 bits per heavy atom. The molecular formula is C17H29ClN4O4S. The number of piperidine rings is 1. The fourth-order valence-corrected chi connectivity index (χ4v) is 5.95. The molecule has 0 bridgehead atoms. The van der Waals surface area contributed by atoms with Crippen LogP contribution in [0.4, 0.5) is 0 Å². The first kappa shape index (κ1) is 22.1. The summed E-state index contributed by atoms with van der Waals surface area (Å²) in [5.41, 5.74) is -0.756. The van der Waals surface area contributed by atoms with E-state index < -0.39 is 15.6 Å². The topological polar surface area (TPSA) is 105 Å². The maximum Gasteiger partial charge on any atom is 0.246 e. The fourth-order valence-electron chi connectivity index (χ4n) is 4.20. The van der Waals surface area contributed by atoms with Crippen molar-refractivity contribution in [1.29, 1.82) is 0 Å². The number of nitrogens with zero attached hydrogens (tertiary/aromatic N) is 2. The zero-order valence-electron chi connectivity index (χ0n) is 16.1. The Morgan fingerprint density at radius 1 is 1.26 bits per heavy atom. The first-order valence-electron chi connectivity index (χ1n) is 9.22. The Bertz CT molecular complexity index is 754. The number of carbonyl (C=O) groups is 1. The van der Waals surface area contributed by atoms with Gasteiger partial charge in [-0.3, -0.25) is 4.79 Å². The van der Waals surface area contributed by atoms with Crippen LogP contribution < -0.4 is 10.0 Å². The molecule has 2 heterocycles. The third-order valence-electron chi connectivity index (χ3n) is 5.55. The molecule has 2 fully saturated rings. The van der Waals surface area contributed by atoms with Crippen molar-refractivity contribution in [2.45, 2.75) is 68.8 Å². The van der Waals surface area contributed by atoms with Crippen molar-refractivity contribution in [3.05, 3.63) is 11.5 Å². The number of carbonyl (C=O) groups excluding carboxylic acids is 1. The minimum Gasteiger partial charge on any atom is -0.360 e. The summed E-state index contributed by atoms with van der Waals surface area (Å²) < 4.78 is 33.8. The molecule has 8 nitrogen and oxygen atoms in total. The van der Waals surface area contributed by atoms with Crippen LogP contribution in [0, 0.1) is 13.8 Å². The predicted octanol–water partition coefficient (Wildman–Crippen LogP) is 1.51. The van der Waals surface area contributed by atoms with Gasteiger partial charge in [-0.25, -0.2) is 8.42 Å². The summed E-state index contributed by atoms with van der Waals surface area (Å²) in [5.74, 6) is 0.133. The minimum absolute atomic E-state index is 0. The molecule has 3 rings (SSSR count). The summed E-state index contributed by atoms with van der Waals surface area (Å²) >= 11 is 0. The Hall–Kier alpha value is -1.16. The van der Waals surface area contributed by atoms with Crippen LogP contribution in [-0.2, 0) is 14.8 Å². The van der Waals surface area contributed by atoms with Gasteiger partial charge < -0.3 is 14.7 Å². The summed E-state index contributed by atoms with van der Waals surface area (Å²) in [4.78, 5) is 15.2. The first-order chi connectivity index (χ1) is 12.3. The SMILES string of the molecule is CNC1CCCN(C(=O)C2(NS(=O)(=O)c3c(C)noc3C)CCCC2)C1.Cl. The van der Waals surface area contributed by atoms with Gasteiger partial charge in [-0.15, -0.1) is 12.4 Å². The summed E-state index contributed by atoms with van der Waals surface area (Å²) in [6, 6.07) is 0.255. The largest absolute Gasteiger partial charge is 0.360 e. The average molecular weight is 421 g/mol. The number of hydrogen-bond acceptors (Lipinski definition) is 6. The van der Waals surface area contributed by atoms with Gasteiger partial charge in [0.25, 0.3) is 0 Å². The number of rotatable bonds is 5. The zero-order chi connectivity index (χ0) is 18.9. The van der Waals surface area contributed by atoms with E-state index in [-0.39, 0.29) is 35.0 Å². The van der Waals surface area contributed by atoms with Crippen LogP contribution in [0.3, 0.4) is 0 Å². The lowest BCUT2D eigenvalue weighted by molar-refractivity contribution is -0.138. The summed E-state index contributed by atoms with van der Waals surface area (Å²) in [7, 11) is -2.00. The smallest absolute Gasteiger partial charge is 0.246 e. The summed E-state index contributed by atoms with van der Waals surface area (Å²) in [6.45, 7) is 4.45. The normalized spacial score (nSPS) is 22.5. The number of nitrogens with one attached hydrogen (secondary N) is 2. The van der Waals surface area contributed by atoms with Crippen molar-refractivity contribution < 1.29 is 17.7 Å². The number of halogens is 1. The molecule has 0 aromatic carbocycles. The highest BCUT2D eigenvalue weighted by Gasteiger charge is 2.48. The Kier molecular flexibility index (Phi) is 6.94. The minimum atomic E-state index is -3.89. The predicted molar refractivity (Wildman–Crippen MR) is 103 cm³/mol. The Morgan fingerprint density at radius 2 is 1.93 bits per heavy atom. The van der Waals surface area contributed by atoms with Gasteiger partial charge in [0.15, 0.2) is 5.76 Å². The van der Waals surface area contributed by atoms with Crippen LogP contribution in [0.25, 0.3) is 0 Å². The second-order valence-corrected chi connectivity index (χ2v) is 9.05. The lowest BCUT2D eigenvalue weighted by atomic mass is 9.95. The van der Waals surface area contributed by atoms with Crippen LogP contribution in [0.2, 0.25) is 0 Å². The molecule has 0 radical (unpaired) electrons. The molecular weight excluding hydrogens is 392 g/mol. The van der Waals surface area contributed by atoms with Crippen molar-refractivity contribution in [2.75, 3.05) is 20.1 Å². The van der Waals surface area contributed by atoms with Gasteiger partial charge in [0.2, 0.25) is 15.9 Å². The van der Waals surface area contributed by atoms with Gasteiger partial charge in [-0.2, -0.15) is 4.72 Å². The van der Waals surface area contributed by atoms with E-state index in [4.69, 9.17) is 4.52 Å². The number of sulfonamides is 1. The highest BCUT2D eigenvalue weighted by atomic mass is 35.5. The van der Waals surface area contributed by atoms with Crippen LogP contribution in [0.1, 0.15) is 50.0 Å². The number of likely N-dealkylation sites (tertiary alicyclic amines) is 1. The van der Waals surface area contributed by atoms with E-state index in [1.54, 1.807) is 13.8 Å². The van der Waals surface area contributed by atoms with Crippen LogP contribution in [0.15, 0.2) is 9.42 Å². The van der Waals surface area contributed by atoms with E-state index in [0.717, 1.165) is 25.7 Å². The highest BCUT2D eigenvalue weighted by molar-refractivity contribution is 7.89. The van der Waals surface area contributed by atoms with Crippen LogP contribution in [-0.4, -0.2) is 56.1 Å². The zero-order valence-corrected chi connectivity index (χ0v) is 17.7. The van der Waals surface area contributed by atoms with E-state index >= 15 is 0 Å². The van der Waals surface area contributed by atoms with Crippen LogP contribution in [0.5, 0.6) is 0 Å². The third kappa shape index (κ3) is 4.31. The molecule has 154 valence electrons. The van der Waals surface area contributed by atoms with Gasteiger partial charge in [0.1, 0.15) is 16.1 Å². The molecule has 0 spiro atoms. The highest BCUT2D eigenvalue weighted by Crippen LogP contribution is 2.34. The third-order valence-corrected chi connectivity index (χ3v) is 7.33. The maximum absolute atomic E-state index is 13.3. The van der Waals surface area contributed by atoms with Gasteiger partial charge in [-0.05, 0) is 46.6 Å². The maximum atomic E-state index is 13.3. The quantitative estimate of drug-likeness (QED) is 0.748. The molecule has 1 unspecified atom stereocenters. The van der Waals surface area contributed by atoms with Crippen LogP contribution >= 0.6 is 12.4 Å². The summed E-state index contributed by atoms with van der Waals surface area (Å²) in [5, 5.41) is 6.96. The van der Waals surface area contributed by atoms with Gasteiger partial charge in [-0.1, -0.05) is 18.0 Å². The lowest BCUT2D eigenvalue weighted by Gasteiger charge is -2.39. The van der Waals surface area contributed by atoms with Crippen molar-refractivity contribution in [3.8, 4) is 0 Å². The molecule has 10 heteroatoms. The second-order valence-electron chi connectivity index (χ2n) is 7.43. The standard InChI is InChI=1S/C17H28N4O4S.ClH/c1-12-15(13(2)25-19-12)26(23,24)20-17(8-4-5-9-17)16(22)21-10-6-7-14(11-21)18-3;/h14,18,20H,4-11H2,1-3H3;1H. The van der Waals surface area contributed by atoms with E-state index in [0.29, 0.717) is 31.6 Å². The Labute approximate surface area is 166 Å². The number of likely N-dealkylation sites (N-methyl/N-ethyl adjacent to an activating group) is 1. The molecule has 1 amide bonds. The van der Waals surface area contributed by atoms with E-state index in [1.807, 2.05) is 11.9 Å². The molecule has 1 atom stereocenters. The summed E-state index contributed by atoms with van der Waals surface area (Å²) in [6.07, 6.45) is 4.66. The number of aryl methyl sites for hydroxylation is 2. The van der Waals surface area contributed by atoms with Crippen molar-refractivity contribution in [3.63, 3.8) is 0 Å². The first-order valence-corrected chi connectivity index (χ1v) is 10.7. The molecule has 1 saturated carbocycles. The molecule has 27 heavy (non-hydrogen) atoms. The number of hydrogen-bond donors (Lipinski definition) is 2. The average Bonchev–Trinajstić information content (AvgIpc) is 3.21. The van der Waals surface area contributed by atoms with E-state index in [1.165, 1.54) is 0 Å². The second kappa shape index (κ2) is 8.46. The lowest BCUT2D eigenvalue weighted by Crippen LogP contribution is -2.60. The molecule has 1 aliphatic carbocycles. The molecule has 2 aliphatic rings. The van der Waals surface area contributed by atoms with E-state index in [9.17, 15) is 13.2 Å².